The molecule has 0 spiro atoms. The second-order valence-corrected chi connectivity index (χ2v) is 2.15. The van der Waals surface area contributed by atoms with Crippen molar-refractivity contribution in [2.75, 3.05) is 0 Å². The fourth-order valence-electron chi connectivity index (χ4n) is 0.876. The minimum atomic E-state index is 0.741. The van der Waals surface area contributed by atoms with Crippen molar-refractivity contribution in [2.45, 2.75) is 0 Å². The van der Waals surface area contributed by atoms with Gasteiger partial charge in [-0.3, -0.25) is 0 Å². The Balaban J connectivity index is 3.01. The molecule has 0 fully saturated rings. The lowest BCUT2D eigenvalue weighted by Crippen LogP contribution is -1.77. The van der Waals surface area contributed by atoms with Gasteiger partial charge in [-0.05, 0) is 5.56 Å². The van der Waals surface area contributed by atoms with Crippen molar-refractivity contribution in [3.8, 4) is 0 Å². The summed E-state index contributed by atoms with van der Waals surface area (Å²) in [6.07, 6.45) is 2.68. The normalized spacial score (nSPS) is 11.1. The van der Waals surface area contributed by atoms with Crippen LogP contribution < -0.4 is 0 Å². The zero-order chi connectivity index (χ0) is 8.10. The van der Waals surface area contributed by atoms with E-state index in [0.29, 0.717) is 0 Å². The number of allylic oxidation sites excluding steroid dienone is 2. The summed E-state index contributed by atoms with van der Waals surface area (Å²) in [7, 11) is 0. The minimum Gasteiger partial charge on any atom is -0.515 e. The van der Waals surface area contributed by atoms with Crippen molar-refractivity contribution < 1.29 is 5.11 Å². The molecule has 0 bridgehead atoms. The molecule has 1 aromatic carbocycles. The van der Waals surface area contributed by atoms with Crippen molar-refractivity contribution in [1.29, 1.82) is 0 Å². The molecule has 0 amide bonds. The maximum absolute atomic E-state index is 8.75. The molecular formula is C10H10O. The highest BCUT2D eigenvalue weighted by Gasteiger charge is 1.93. The molecular weight excluding hydrogens is 136 g/mol. The molecule has 0 atom stereocenters. The van der Waals surface area contributed by atoms with E-state index >= 15 is 0 Å². The first-order valence-corrected chi connectivity index (χ1v) is 3.40. The van der Waals surface area contributed by atoms with Crippen LogP contribution in [0.4, 0.5) is 0 Å². The number of hydrogen-bond acceptors (Lipinski definition) is 1. The van der Waals surface area contributed by atoms with Crippen molar-refractivity contribution >= 4 is 5.57 Å². The Morgan fingerprint density at radius 2 is 1.91 bits per heavy atom. The van der Waals surface area contributed by atoms with Crippen molar-refractivity contribution in [3.63, 3.8) is 0 Å². The van der Waals surface area contributed by atoms with Crippen LogP contribution in [-0.2, 0) is 0 Å². The summed E-state index contributed by atoms with van der Waals surface area (Å²) in [5.41, 5.74) is 1.72. The topological polar surface area (TPSA) is 20.2 Å². The van der Waals surface area contributed by atoms with Crippen LogP contribution in [0.2, 0.25) is 0 Å². The van der Waals surface area contributed by atoms with Crippen LogP contribution in [0, 0.1) is 0 Å². The van der Waals surface area contributed by atoms with E-state index in [0.717, 1.165) is 17.4 Å². The van der Waals surface area contributed by atoms with Crippen LogP contribution in [-0.4, -0.2) is 5.11 Å². The summed E-state index contributed by atoms with van der Waals surface area (Å²) in [5, 5.41) is 8.75. The summed E-state index contributed by atoms with van der Waals surface area (Å²) in [6, 6.07) is 9.61. The number of aliphatic hydroxyl groups excluding tert-OH is 1. The standard InChI is InChI=1S/C10H10O/c1-2-9(8-11)10-6-4-3-5-7-10/h2-8,11H,1H2/b9-8-. The average molecular weight is 146 g/mol. The van der Waals surface area contributed by atoms with Gasteiger partial charge in [0.1, 0.15) is 0 Å². The third kappa shape index (κ3) is 1.71. The molecule has 0 saturated heterocycles. The Labute approximate surface area is 66.3 Å². The molecule has 1 N–H and O–H groups in total. The fraction of sp³-hybridized carbons (Fsp3) is 0. The highest BCUT2D eigenvalue weighted by molar-refractivity contribution is 5.72. The van der Waals surface area contributed by atoms with Crippen molar-refractivity contribution in [1.82, 2.24) is 0 Å². The molecule has 11 heavy (non-hydrogen) atoms. The van der Waals surface area contributed by atoms with Gasteiger partial charge >= 0.3 is 0 Å². The third-order valence-corrected chi connectivity index (χ3v) is 1.47. The molecule has 0 radical (unpaired) electrons. The first kappa shape index (κ1) is 7.61. The van der Waals surface area contributed by atoms with Gasteiger partial charge in [0.15, 0.2) is 0 Å². The van der Waals surface area contributed by atoms with Gasteiger partial charge in [-0.2, -0.15) is 0 Å². The van der Waals surface area contributed by atoms with Crippen LogP contribution in [0.15, 0.2) is 49.2 Å². The highest BCUT2D eigenvalue weighted by atomic mass is 16.2. The fourth-order valence-corrected chi connectivity index (χ4v) is 0.876. The van der Waals surface area contributed by atoms with Crippen LogP contribution in [0.1, 0.15) is 5.56 Å². The summed E-state index contributed by atoms with van der Waals surface area (Å²) in [4.78, 5) is 0. The van der Waals surface area contributed by atoms with Crippen LogP contribution >= 0.6 is 0 Å². The molecule has 0 saturated carbocycles. The Kier molecular flexibility index (Phi) is 2.50. The lowest BCUT2D eigenvalue weighted by atomic mass is 10.1. The van der Waals surface area contributed by atoms with E-state index in [1.54, 1.807) is 6.08 Å². The van der Waals surface area contributed by atoms with E-state index < -0.39 is 0 Å². The molecule has 0 unspecified atom stereocenters. The second kappa shape index (κ2) is 3.62. The summed E-state index contributed by atoms with van der Waals surface area (Å²) in [5.74, 6) is 0. The lowest BCUT2D eigenvalue weighted by molar-refractivity contribution is 0.476. The van der Waals surface area contributed by atoms with E-state index in [2.05, 4.69) is 6.58 Å². The molecule has 1 rings (SSSR count). The predicted octanol–water partition coefficient (Wildman–Crippen LogP) is 2.77. The summed E-state index contributed by atoms with van der Waals surface area (Å²) >= 11 is 0. The van der Waals surface area contributed by atoms with Crippen LogP contribution in [0.3, 0.4) is 0 Å². The Morgan fingerprint density at radius 3 is 2.36 bits per heavy atom. The molecule has 1 heteroatoms. The SMILES string of the molecule is C=C/C(=C/O)c1ccccc1. The number of rotatable bonds is 2. The quantitative estimate of drug-likeness (QED) is 0.502. The van der Waals surface area contributed by atoms with E-state index in [1.165, 1.54) is 0 Å². The van der Waals surface area contributed by atoms with Gasteiger partial charge < -0.3 is 5.11 Å². The van der Waals surface area contributed by atoms with Crippen LogP contribution in [0.25, 0.3) is 5.57 Å². The highest BCUT2D eigenvalue weighted by Crippen LogP contribution is 2.12. The molecule has 1 aromatic rings. The maximum atomic E-state index is 8.75. The number of hydrogen-bond donors (Lipinski definition) is 1. The monoisotopic (exact) mass is 146 g/mol. The average Bonchev–Trinajstić information content (AvgIpc) is 2.09. The zero-order valence-corrected chi connectivity index (χ0v) is 6.20. The molecule has 1 nitrogen and oxygen atoms in total. The van der Waals surface area contributed by atoms with Gasteiger partial charge in [-0.25, -0.2) is 0 Å². The lowest BCUT2D eigenvalue weighted by Gasteiger charge is -1.97. The van der Waals surface area contributed by atoms with Crippen molar-refractivity contribution in [3.05, 3.63) is 54.8 Å². The van der Waals surface area contributed by atoms with E-state index in [4.69, 9.17) is 5.11 Å². The van der Waals surface area contributed by atoms with Gasteiger partial charge in [-0.15, -0.1) is 0 Å². The van der Waals surface area contributed by atoms with Crippen molar-refractivity contribution in [2.24, 2.45) is 0 Å². The van der Waals surface area contributed by atoms with Gasteiger partial charge in [0.2, 0.25) is 0 Å². The van der Waals surface area contributed by atoms with E-state index in [9.17, 15) is 0 Å². The second-order valence-electron chi connectivity index (χ2n) is 2.15. The van der Waals surface area contributed by atoms with Gasteiger partial charge in [0, 0.05) is 5.57 Å². The Hall–Kier alpha value is -1.50. The van der Waals surface area contributed by atoms with Crippen LogP contribution in [0.5, 0.6) is 0 Å². The summed E-state index contributed by atoms with van der Waals surface area (Å²) in [6.45, 7) is 3.58. The third-order valence-electron chi connectivity index (χ3n) is 1.47. The van der Waals surface area contributed by atoms with Gasteiger partial charge in [0.05, 0.1) is 6.26 Å². The first-order chi connectivity index (χ1) is 5.38. The predicted molar refractivity (Wildman–Crippen MR) is 47.2 cm³/mol. The van der Waals surface area contributed by atoms with Gasteiger partial charge in [-0.1, -0.05) is 43.0 Å². The minimum absolute atomic E-state index is 0.741. The maximum Gasteiger partial charge on any atom is 0.0869 e. The summed E-state index contributed by atoms with van der Waals surface area (Å²) < 4.78 is 0. The Morgan fingerprint density at radius 1 is 1.27 bits per heavy atom. The van der Waals surface area contributed by atoms with E-state index in [-0.39, 0.29) is 0 Å². The number of aliphatic hydroxyl groups is 1. The molecule has 0 aromatic heterocycles. The Bertz CT molecular complexity index is 259. The molecule has 0 aliphatic rings. The molecule has 56 valence electrons. The molecule has 0 heterocycles. The smallest absolute Gasteiger partial charge is 0.0869 e. The molecule has 0 aliphatic heterocycles. The largest absolute Gasteiger partial charge is 0.515 e. The van der Waals surface area contributed by atoms with E-state index in [1.807, 2.05) is 30.3 Å². The number of benzene rings is 1. The molecule has 0 aliphatic carbocycles. The van der Waals surface area contributed by atoms with Gasteiger partial charge in [0.25, 0.3) is 0 Å². The zero-order valence-electron chi connectivity index (χ0n) is 6.20. The first-order valence-electron chi connectivity index (χ1n) is 3.40.